The van der Waals surface area contributed by atoms with Crippen LogP contribution in [0.3, 0.4) is 0 Å². The lowest BCUT2D eigenvalue weighted by Gasteiger charge is -2.33. The van der Waals surface area contributed by atoms with Crippen LogP contribution in [-0.4, -0.2) is 28.3 Å². The zero-order chi connectivity index (χ0) is 13.5. The highest BCUT2D eigenvalue weighted by Crippen LogP contribution is 2.53. The molecule has 0 spiro atoms. The van der Waals surface area contributed by atoms with E-state index in [4.69, 9.17) is 4.74 Å². The van der Waals surface area contributed by atoms with E-state index in [0.29, 0.717) is 0 Å². The number of carbonyl (C=O) groups is 2. The summed E-state index contributed by atoms with van der Waals surface area (Å²) in [6, 6.07) is 0. The van der Waals surface area contributed by atoms with Crippen molar-refractivity contribution in [2.45, 2.75) is 58.6 Å². The van der Waals surface area contributed by atoms with E-state index < -0.39 is 23.2 Å². The average Bonchev–Trinajstić information content (AvgIpc) is 2.80. The summed E-state index contributed by atoms with van der Waals surface area (Å²) < 4.78 is 5.09. The Kier molecular flexibility index (Phi) is 3.16. The van der Waals surface area contributed by atoms with Crippen molar-refractivity contribution in [1.82, 2.24) is 5.32 Å². The number of amides is 1. The molecule has 0 heterocycles. The van der Waals surface area contributed by atoms with Gasteiger partial charge in [-0.2, -0.15) is 0 Å². The molecule has 1 aliphatic rings. The monoisotopic (exact) mass is 243 g/mol. The van der Waals surface area contributed by atoms with E-state index in [1.807, 2.05) is 6.92 Å². The maximum atomic E-state index is 11.7. The molecule has 1 fully saturated rings. The fourth-order valence-electron chi connectivity index (χ4n) is 1.66. The average molecular weight is 243 g/mol. The fourth-order valence-corrected chi connectivity index (χ4v) is 1.66. The number of carboxylic acid groups (broad SMARTS) is 1. The maximum absolute atomic E-state index is 11.7. The molecular weight excluding hydrogens is 222 g/mol. The first-order valence-electron chi connectivity index (χ1n) is 5.75. The number of ether oxygens (including phenoxy) is 1. The molecular formula is C12H21NO4. The van der Waals surface area contributed by atoms with E-state index in [1.54, 1.807) is 20.8 Å². The quantitative estimate of drug-likeness (QED) is 0.796. The number of nitrogens with one attached hydrogen (secondary N) is 1. The highest BCUT2D eigenvalue weighted by molar-refractivity contribution is 5.85. The minimum atomic E-state index is -1.27. The van der Waals surface area contributed by atoms with Crippen molar-refractivity contribution in [3.63, 3.8) is 0 Å². The van der Waals surface area contributed by atoms with Crippen LogP contribution in [0.25, 0.3) is 0 Å². The lowest BCUT2D eigenvalue weighted by molar-refractivity contribution is -0.147. The molecule has 5 heteroatoms. The van der Waals surface area contributed by atoms with Gasteiger partial charge in [-0.1, -0.05) is 6.92 Å². The third kappa shape index (κ3) is 2.90. The Morgan fingerprint density at radius 2 is 1.71 bits per heavy atom. The first kappa shape index (κ1) is 13.8. The molecule has 1 unspecified atom stereocenters. The maximum Gasteiger partial charge on any atom is 0.408 e. The van der Waals surface area contributed by atoms with Crippen molar-refractivity contribution >= 4 is 12.1 Å². The summed E-state index contributed by atoms with van der Waals surface area (Å²) in [5.74, 6) is -1.02. The van der Waals surface area contributed by atoms with Gasteiger partial charge in [-0.15, -0.1) is 0 Å². The van der Waals surface area contributed by atoms with E-state index in [0.717, 1.165) is 12.8 Å². The molecule has 0 aromatic heterocycles. The van der Waals surface area contributed by atoms with E-state index in [9.17, 15) is 14.7 Å². The first-order chi connectivity index (χ1) is 7.50. The Morgan fingerprint density at radius 1 is 1.24 bits per heavy atom. The van der Waals surface area contributed by atoms with E-state index in [-0.39, 0.29) is 5.41 Å². The van der Waals surface area contributed by atoms with Crippen molar-refractivity contribution in [3.8, 4) is 0 Å². The number of carbonyl (C=O) groups excluding carboxylic acids is 1. The van der Waals surface area contributed by atoms with E-state index in [1.165, 1.54) is 6.92 Å². The SMILES string of the molecule is CC(C)(C)OC(=O)NC(C)(C(=O)O)C1(C)CC1. The third-order valence-electron chi connectivity index (χ3n) is 3.39. The van der Waals surface area contributed by atoms with E-state index >= 15 is 0 Å². The normalized spacial score (nSPS) is 21.2. The summed E-state index contributed by atoms with van der Waals surface area (Å²) in [5, 5.41) is 11.8. The van der Waals surface area contributed by atoms with Gasteiger partial charge in [0, 0.05) is 5.41 Å². The number of hydrogen-bond acceptors (Lipinski definition) is 3. The van der Waals surface area contributed by atoms with Gasteiger partial charge in [0.15, 0.2) is 0 Å². The highest BCUT2D eigenvalue weighted by Gasteiger charge is 2.59. The lowest BCUT2D eigenvalue weighted by Crippen LogP contribution is -2.58. The smallest absolute Gasteiger partial charge is 0.408 e. The minimum absolute atomic E-state index is 0.379. The molecule has 17 heavy (non-hydrogen) atoms. The Hall–Kier alpha value is -1.26. The second-order valence-corrected chi connectivity index (χ2v) is 6.12. The Bertz CT molecular complexity index is 341. The number of hydrogen-bond donors (Lipinski definition) is 2. The van der Waals surface area contributed by atoms with Gasteiger partial charge in [-0.05, 0) is 40.5 Å². The molecule has 1 atom stereocenters. The van der Waals surface area contributed by atoms with Gasteiger partial charge < -0.3 is 15.2 Å². The lowest BCUT2D eigenvalue weighted by atomic mass is 9.84. The topological polar surface area (TPSA) is 75.6 Å². The van der Waals surface area contributed by atoms with Crippen LogP contribution in [0.2, 0.25) is 0 Å². The molecule has 1 saturated carbocycles. The Balaban J connectivity index is 2.76. The first-order valence-corrected chi connectivity index (χ1v) is 5.75. The highest BCUT2D eigenvalue weighted by atomic mass is 16.6. The molecule has 0 bridgehead atoms. The van der Waals surface area contributed by atoms with Crippen molar-refractivity contribution in [3.05, 3.63) is 0 Å². The molecule has 0 aromatic rings. The molecule has 1 amide bonds. The second-order valence-electron chi connectivity index (χ2n) is 6.12. The fraction of sp³-hybridized carbons (Fsp3) is 0.833. The summed E-state index contributed by atoms with van der Waals surface area (Å²) in [4.78, 5) is 23.0. The largest absolute Gasteiger partial charge is 0.479 e. The summed E-state index contributed by atoms with van der Waals surface area (Å²) in [7, 11) is 0. The summed E-state index contributed by atoms with van der Waals surface area (Å²) in [6.07, 6.45) is 0.910. The minimum Gasteiger partial charge on any atom is -0.479 e. The zero-order valence-corrected chi connectivity index (χ0v) is 11.1. The predicted octanol–water partition coefficient (Wildman–Crippen LogP) is 2.15. The van der Waals surface area contributed by atoms with Gasteiger partial charge in [0.05, 0.1) is 0 Å². The molecule has 0 aromatic carbocycles. The standard InChI is InChI=1S/C12H21NO4/c1-10(2,3)17-9(16)13-12(5,8(14)15)11(4)6-7-11/h6-7H2,1-5H3,(H,13,16)(H,14,15). The van der Waals surface area contributed by atoms with Gasteiger partial charge in [0.2, 0.25) is 0 Å². The van der Waals surface area contributed by atoms with Crippen LogP contribution in [0.4, 0.5) is 4.79 Å². The molecule has 0 saturated heterocycles. The third-order valence-corrected chi connectivity index (χ3v) is 3.39. The summed E-state index contributed by atoms with van der Waals surface area (Å²) >= 11 is 0. The molecule has 1 aliphatic carbocycles. The van der Waals surface area contributed by atoms with Crippen LogP contribution >= 0.6 is 0 Å². The van der Waals surface area contributed by atoms with Crippen molar-refractivity contribution in [2.24, 2.45) is 5.41 Å². The molecule has 98 valence electrons. The van der Waals surface area contributed by atoms with Crippen LogP contribution in [0, 0.1) is 5.41 Å². The van der Waals surface area contributed by atoms with Gasteiger partial charge in [-0.25, -0.2) is 9.59 Å². The Labute approximate surface area is 102 Å². The van der Waals surface area contributed by atoms with Gasteiger partial charge in [-0.3, -0.25) is 0 Å². The molecule has 1 rings (SSSR count). The van der Waals surface area contributed by atoms with E-state index in [2.05, 4.69) is 5.32 Å². The predicted molar refractivity (Wildman–Crippen MR) is 62.8 cm³/mol. The number of alkyl carbamates (subject to hydrolysis) is 1. The molecule has 2 N–H and O–H groups in total. The van der Waals surface area contributed by atoms with Crippen molar-refractivity contribution < 1.29 is 19.4 Å². The number of carboxylic acids is 1. The molecule has 0 radical (unpaired) electrons. The second kappa shape index (κ2) is 3.89. The van der Waals surface area contributed by atoms with Crippen molar-refractivity contribution in [2.75, 3.05) is 0 Å². The molecule has 5 nitrogen and oxygen atoms in total. The van der Waals surface area contributed by atoms with Crippen LogP contribution in [0.1, 0.15) is 47.5 Å². The van der Waals surface area contributed by atoms with Crippen LogP contribution < -0.4 is 5.32 Å². The van der Waals surface area contributed by atoms with Gasteiger partial charge >= 0.3 is 12.1 Å². The van der Waals surface area contributed by atoms with Crippen LogP contribution in [0.5, 0.6) is 0 Å². The summed E-state index contributed by atoms with van der Waals surface area (Å²) in [5.41, 5.74) is -2.28. The number of rotatable bonds is 3. The summed E-state index contributed by atoms with van der Waals surface area (Å²) in [6.45, 7) is 8.61. The zero-order valence-electron chi connectivity index (χ0n) is 11.1. The Morgan fingerprint density at radius 3 is 2.00 bits per heavy atom. The van der Waals surface area contributed by atoms with Gasteiger partial charge in [0.25, 0.3) is 0 Å². The number of aliphatic carboxylic acids is 1. The van der Waals surface area contributed by atoms with Crippen molar-refractivity contribution in [1.29, 1.82) is 0 Å². The van der Waals surface area contributed by atoms with Crippen LogP contribution in [-0.2, 0) is 9.53 Å². The van der Waals surface area contributed by atoms with Crippen LogP contribution in [0.15, 0.2) is 0 Å². The molecule has 0 aliphatic heterocycles. The van der Waals surface area contributed by atoms with Gasteiger partial charge in [0.1, 0.15) is 11.1 Å².